The summed E-state index contributed by atoms with van der Waals surface area (Å²) >= 11 is 3.13. The number of carbonyl (C=O) groups excluding carboxylic acids is 2. The van der Waals surface area contributed by atoms with Crippen molar-refractivity contribution in [1.82, 2.24) is 5.32 Å². The van der Waals surface area contributed by atoms with E-state index >= 15 is 0 Å². The van der Waals surface area contributed by atoms with Crippen LogP contribution in [-0.4, -0.2) is 18.1 Å². The molecule has 0 saturated heterocycles. The Morgan fingerprint density at radius 1 is 1.26 bits per heavy atom. The van der Waals surface area contributed by atoms with Crippen LogP contribution < -0.4 is 10.4 Å². The molecule has 0 aliphatic carbocycles. The topological polar surface area (TPSA) is 69.2 Å². The zero-order valence-corrected chi connectivity index (χ0v) is 10.9. The van der Waals surface area contributed by atoms with Gasteiger partial charge in [0.05, 0.1) is 6.04 Å². The van der Waals surface area contributed by atoms with E-state index in [4.69, 9.17) is 0 Å². The first-order chi connectivity index (χ1) is 8.70. The highest BCUT2D eigenvalue weighted by atomic mass is 79.9. The van der Waals surface area contributed by atoms with E-state index < -0.39 is 30.5 Å². The van der Waals surface area contributed by atoms with Gasteiger partial charge in [0, 0.05) is 16.9 Å². The minimum absolute atomic E-state index is 0.241. The van der Waals surface area contributed by atoms with Crippen molar-refractivity contribution in [2.24, 2.45) is 0 Å². The van der Waals surface area contributed by atoms with E-state index in [-0.39, 0.29) is 5.56 Å². The Hall–Kier alpha value is -1.57. The number of hydrogen-bond acceptors (Lipinski definition) is 3. The van der Waals surface area contributed by atoms with E-state index in [0.717, 1.165) is 0 Å². The van der Waals surface area contributed by atoms with E-state index in [0.29, 0.717) is 4.47 Å². The smallest absolute Gasteiger partial charge is 0.471 e. The van der Waals surface area contributed by atoms with E-state index in [9.17, 15) is 27.9 Å². The molecule has 8 heteroatoms. The van der Waals surface area contributed by atoms with E-state index in [2.05, 4.69) is 15.9 Å². The fraction of sp³-hybridized carbons (Fsp3) is 0.273. The number of carboxylic acid groups (broad SMARTS) is 1. The molecule has 0 bridgehead atoms. The lowest BCUT2D eigenvalue weighted by molar-refractivity contribution is -0.306. The lowest BCUT2D eigenvalue weighted by Crippen LogP contribution is -2.41. The van der Waals surface area contributed by atoms with Crippen molar-refractivity contribution < 1.29 is 27.9 Å². The first-order valence-electron chi connectivity index (χ1n) is 5.03. The lowest BCUT2D eigenvalue weighted by Gasteiger charge is -2.20. The first-order valence-corrected chi connectivity index (χ1v) is 5.82. The molecule has 0 radical (unpaired) electrons. The number of rotatable bonds is 4. The van der Waals surface area contributed by atoms with Gasteiger partial charge >= 0.3 is 12.1 Å². The summed E-state index contributed by atoms with van der Waals surface area (Å²) in [5.41, 5.74) is 0.241. The van der Waals surface area contributed by atoms with Gasteiger partial charge in [-0.05, 0) is 17.7 Å². The summed E-state index contributed by atoms with van der Waals surface area (Å²) in [5.74, 6) is -3.75. The van der Waals surface area contributed by atoms with Gasteiger partial charge < -0.3 is 15.2 Å². The molecule has 0 aromatic heterocycles. The molecule has 4 nitrogen and oxygen atoms in total. The highest BCUT2D eigenvalue weighted by molar-refractivity contribution is 9.10. The van der Waals surface area contributed by atoms with Crippen LogP contribution >= 0.6 is 15.9 Å². The van der Waals surface area contributed by atoms with Gasteiger partial charge in [0.25, 0.3) is 0 Å². The number of benzene rings is 1. The Balaban J connectivity index is 2.92. The summed E-state index contributed by atoms with van der Waals surface area (Å²) in [7, 11) is 0. The van der Waals surface area contributed by atoms with Gasteiger partial charge in [-0.25, -0.2) is 0 Å². The van der Waals surface area contributed by atoms with E-state index in [1.54, 1.807) is 5.32 Å². The lowest BCUT2D eigenvalue weighted by atomic mass is 10.0. The summed E-state index contributed by atoms with van der Waals surface area (Å²) in [6, 6.07) is 4.57. The predicted molar refractivity (Wildman–Crippen MR) is 60.7 cm³/mol. The van der Waals surface area contributed by atoms with Crippen LogP contribution in [-0.2, 0) is 9.59 Å². The summed E-state index contributed by atoms with van der Waals surface area (Å²) < 4.78 is 37.1. The van der Waals surface area contributed by atoms with Gasteiger partial charge in [-0.15, -0.1) is 0 Å². The molecule has 1 amide bonds. The van der Waals surface area contributed by atoms with Crippen LogP contribution in [0.2, 0.25) is 0 Å². The Labute approximate surface area is 114 Å². The SMILES string of the molecule is O=C([O-])C[C@H](NC(=O)C(F)(F)F)c1ccc(Br)cc1. The maximum atomic E-state index is 12.1. The number of carboxylic acids is 1. The Bertz CT molecular complexity index is 473. The second-order valence-electron chi connectivity index (χ2n) is 3.65. The number of amides is 1. The zero-order chi connectivity index (χ0) is 14.6. The average Bonchev–Trinajstić information content (AvgIpc) is 2.27. The molecule has 19 heavy (non-hydrogen) atoms. The molecule has 1 N–H and O–H groups in total. The third kappa shape index (κ3) is 4.90. The minimum Gasteiger partial charge on any atom is -0.550 e. The third-order valence-electron chi connectivity index (χ3n) is 2.21. The van der Waals surface area contributed by atoms with Crippen molar-refractivity contribution in [3.05, 3.63) is 34.3 Å². The van der Waals surface area contributed by atoms with Crippen molar-refractivity contribution in [2.75, 3.05) is 0 Å². The van der Waals surface area contributed by atoms with Crippen molar-refractivity contribution in [2.45, 2.75) is 18.6 Å². The number of hydrogen-bond donors (Lipinski definition) is 1. The van der Waals surface area contributed by atoms with Gasteiger partial charge in [-0.2, -0.15) is 13.2 Å². The van der Waals surface area contributed by atoms with Gasteiger partial charge in [0.2, 0.25) is 0 Å². The first kappa shape index (κ1) is 15.5. The number of aliphatic carboxylic acids is 1. The van der Waals surface area contributed by atoms with Crippen LogP contribution in [0.1, 0.15) is 18.0 Å². The fourth-order valence-corrected chi connectivity index (χ4v) is 1.62. The largest absolute Gasteiger partial charge is 0.550 e. The van der Waals surface area contributed by atoms with Crippen LogP contribution in [0.4, 0.5) is 13.2 Å². The van der Waals surface area contributed by atoms with Crippen LogP contribution in [0.5, 0.6) is 0 Å². The van der Waals surface area contributed by atoms with Gasteiger partial charge in [0.15, 0.2) is 0 Å². The number of halogens is 4. The normalized spacial score (nSPS) is 12.8. The molecular formula is C11H8BrF3NO3-. The molecule has 0 fully saturated rings. The molecule has 0 heterocycles. The second-order valence-corrected chi connectivity index (χ2v) is 4.57. The summed E-state index contributed by atoms with van der Waals surface area (Å²) in [4.78, 5) is 21.4. The van der Waals surface area contributed by atoms with Gasteiger partial charge in [0.1, 0.15) is 0 Å². The Kier molecular flexibility index (Phi) is 4.93. The van der Waals surface area contributed by atoms with Crippen molar-refractivity contribution in [3.8, 4) is 0 Å². The molecule has 0 aliphatic rings. The van der Waals surface area contributed by atoms with Gasteiger partial charge in [-0.1, -0.05) is 28.1 Å². The number of carbonyl (C=O) groups is 2. The maximum absolute atomic E-state index is 12.1. The summed E-state index contributed by atoms with van der Waals surface area (Å²) in [6.45, 7) is 0. The zero-order valence-electron chi connectivity index (χ0n) is 9.33. The van der Waals surface area contributed by atoms with Crippen LogP contribution in [0.25, 0.3) is 0 Å². The molecule has 0 aliphatic heterocycles. The monoisotopic (exact) mass is 338 g/mol. The molecule has 104 valence electrons. The summed E-state index contributed by atoms with van der Waals surface area (Å²) in [5, 5.41) is 12.2. The van der Waals surface area contributed by atoms with Crippen LogP contribution in [0, 0.1) is 0 Å². The fourth-order valence-electron chi connectivity index (χ4n) is 1.35. The second kappa shape index (κ2) is 6.05. The average molecular weight is 339 g/mol. The predicted octanol–water partition coefficient (Wildman–Crippen LogP) is 1.31. The number of alkyl halides is 3. The molecule has 1 aromatic rings. The van der Waals surface area contributed by atoms with Gasteiger partial charge in [-0.3, -0.25) is 4.79 Å². The maximum Gasteiger partial charge on any atom is 0.471 e. The highest BCUT2D eigenvalue weighted by Gasteiger charge is 2.39. The standard InChI is InChI=1S/C11H9BrF3NO3/c12-7-3-1-6(2-4-7)8(5-9(17)18)16-10(19)11(13,14)15/h1-4,8H,5H2,(H,16,19)(H,17,18)/p-1/t8-/m0/s1. The van der Waals surface area contributed by atoms with Crippen molar-refractivity contribution in [1.29, 1.82) is 0 Å². The molecule has 0 saturated carbocycles. The van der Waals surface area contributed by atoms with Crippen LogP contribution in [0.15, 0.2) is 28.7 Å². The molecule has 1 atom stereocenters. The Morgan fingerprint density at radius 2 is 1.79 bits per heavy atom. The quantitative estimate of drug-likeness (QED) is 0.899. The van der Waals surface area contributed by atoms with Crippen molar-refractivity contribution >= 4 is 27.8 Å². The number of nitrogens with one attached hydrogen (secondary N) is 1. The minimum atomic E-state index is -5.07. The third-order valence-corrected chi connectivity index (χ3v) is 2.73. The van der Waals surface area contributed by atoms with E-state index in [1.807, 2.05) is 0 Å². The molecular weight excluding hydrogens is 331 g/mol. The summed E-state index contributed by atoms with van der Waals surface area (Å²) in [6.07, 6.45) is -5.82. The van der Waals surface area contributed by atoms with E-state index in [1.165, 1.54) is 24.3 Å². The molecule has 1 aromatic carbocycles. The van der Waals surface area contributed by atoms with Crippen LogP contribution in [0.3, 0.4) is 0 Å². The highest BCUT2D eigenvalue weighted by Crippen LogP contribution is 2.22. The molecule has 0 unspecified atom stereocenters. The molecule has 0 spiro atoms. The molecule has 1 rings (SSSR count). The van der Waals surface area contributed by atoms with Crippen molar-refractivity contribution in [3.63, 3.8) is 0 Å². The Morgan fingerprint density at radius 3 is 2.21 bits per heavy atom.